The quantitative estimate of drug-likeness (QED) is 0.599. The van der Waals surface area contributed by atoms with Crippen LogP contribution in [0, 0.1) is 0 Å². The number of hydrogen-bond donors (Lipinski definition) is 1. The summed E-state index contributed by atoms with van der Waals surface area (Å²) in [5.41, 5.74) is 0.0863. The van der Waals surface area contributed by atoms with Crippen molar-refractivity contribution in [2.75, 3.05) is 0 Å². The summed E-state index contributed by atoms with van der Waals surface area (Å²) in [5, 5.41) is 11.0. The van der Waals surface area contributed by atoms with Gasteiger partial charge >= 0.3 is 24.8 Å². The summed E-state index contributed by atoms with van der Waals surface area (Å²) in [7, 11) is 0. The zero-order chi connectivity index (χ0) is 9.35. The third kappa shape index (κ3) is 3.80. The maximum absolute atomic E-state index is 10.5. The molecular weight excluding hydrogens is 197 g/mol. The summed E-state index contributed by atoms with van der Waals surface area (Å²) in [6.45, 7) is 6.03. The average Bonchev–Trinajstić information content (AvgIpc) is 2.30. The van der Waals surface area contributed by atoms with Crippen LogP contribution in [0.25, 0.3) is 0 Å². The molecule has 0 saturated carbocycles. The van der Waals surface area contributed by atoms with E-state index in [4.69, 9.17) is 5.11 Å². The van der Waals surface area contributed by atoms with Crippen LogP contribution in [0.4, 0.5) is 0 Å². The van der Waals surface area contributed by atoms with Gasteiger partial charge in [-0.2, -0.15) is 0 Å². The van der Waals surface area contributed by atoms with Crippen molar-refractivity contribution in [1.82, 2.24) is 4.98 Å². The molecule has 1 heterocycles. The van der Waals surface area contributed by atoms with Crippen LogP contribution in [0.2, 0.25) is 0 Å². The average molecular weight is 209 g/mol. The zero-order valence-corrected chi connectivity index (χ0v) is 9.55. The van der Waals surface area contributed by atoms with Gasteiger partial charge in [-0.15, -0.1) is 11.3 Å². The number of carbonyl (C=O) groups is 1. The summed E-state index contributed by atoms with van der Waals surface area (Å²) >= 11 is 1.39. The van der Waals surface area contributed by atoms with Gasteiger partial charge in [-0.25, -0.2) is 9.78 Å². The number of rotatable bonds is 1. The fraction of sp³-hybridized carbons (Fsp3) is 0.500. The maximum Gasteiger partial charge on any atom is 1.00 e. The Morgan fingerprint density at radius 1 is 1.50 bits per heavy atom. The Morgan fingerprint density at radius 3 is 2.21 bits per heavy atom. The Morgan fingerprint density at radius 2 is 2.00 bits per heavy atom. The largest absolute Gasteiger partial charge is 1.00 e. The summed E-state index contributed by atoms with van der Waals surface area (Å²) < 4.78 is 0. The van der Waals surface area contributed by atoms with Crippen molar-refractivity contribution >= 4 is 17.3 Å². The molecule has 0 saturated heterocycles. The van der Waals surface area contributed by atoms with Gasteiger partial charge in [0.25, 0.3) is 0 Å². The molecule has 0 aliphatic carbocycles. The van der Waals surface area contributed by atoms with E-state index in [2.05, 4.69) is 4.98 Å². The molecule has 0 spiro atoms. The molecule has 0 amide bonds. The SMILES string of the molecule is CC(C)(C)c1nc(C(=O)O)cs1.[Li+].[OH-]. The maximum atomic E-state index is 10.5. The van der Waals surface area contributed by atoms with E-state index in [-0.39, 0.29) is 35.4 Å². The molecule has 0 unspecified atom stereocenters. The first kappa shape index (κ1) is 16.1. The molecule has 6 heteroatoms. The smallest absolute Gasteiger partial charge is 0.870 e. The van der Waals surface area contributed by atoms with Crippen molar-refractivity contribution in [2.45, 2.75) is 26.2 Å². The van der Waals surface area contributed by atoms with E-state index in [1.807, 2.05) is 20.8 Å². The topological polar surface area (TPSA) is 80.2 Å². The second-order valence-electron chi connectivity index (χ2n) is 3.59. The molecule has 74 valence electrons. The van der Waals surface area contributed by atoms with Gasteiger partial charge in [0.2, 0.25) is 0 Å². The predicted octanol–water partition coefficient (Wildman–Crippen LogP) is -1.03. The van der Waals surface area contributed by atoms with E-state index in [9.17, 15) is 4.79 Å². The number of hydrogen-bond acceptors (Lipinski definition) is 4. The first-order chi connectivity index (χ1) is 5.41. The van der Waals surface area contributed by atoms with Crippen LogP contribution in [-0.4, -0.2) is 21.5 Å². The van der Waals surface area contributed by atoms with Gasteiger partial charge in [0, 0.05) is 10.8 Å². The molecule has 1 aromatic rings. The van der Waals surface area contributed by atoms with E-state index in [1.54, 1.807) is 5.38 Å². The van der Waals surface area contributed by atoms with Crippen LogP contribution in [-0.2, 0) is 5.41 Å². The van der Waals surface area contributed by atoms with Crippen LogP contribution in [0.1, 0.15) is 36.3 Å². The van der Waals surface area contributed by atoms with Crippen molar-refractivity contribution in [3.63, 3.8) is 0 Å². The Kier molecular flexibility index (Phi) is 6.34. The standard InChI is InChI=1S/C8H11NO2S.Li.H2O/c1-8(2,3)7-9-5(4-12-7)6(10)11;;/h4H,1-3H3,(H,10,11);;1H2/q;+1;/p-1. The number of carboxylic acid groups (broad SMARTS) is 1. The van der Waals surface area contributed by atoms with Gasteiger partial charge in [-0.05, 0) is 0 Å². The number of thiazole rings is 1. The van der Waals surface area contributed by atoms with Gasteiger partial charge in [-0.1, -0.05) is 20.8 Å². The van der Waals surface area contributed by atoms with Crippen LogP contribution in [0.3, 0.4) is 0 Å². The first-order valence-electron chi connectivity index (χ1n) is 3.60. The molecule has 2 N–H and O–H groups in total. The molecule has 0 aliphatic rings. The van der Waals surface area contributed by atoms with E-state index < -0.39 is 5.97 Å². The Hall–Kier alpha value is -0.343. The third-order valence-corrected chi connectivity index (χ3v) is 2.63. The minimum atomic E-state index is -0.957. The summed E-state index contributed by atoms with van der Waals surface area (Å²) in [5.74, 6) is -0.957. The van der Waals surface area contributed by atoms with Crippen molar-refractivity contribution in [2.24, 2.45) is 0 Å². The van der Waals surface area contributed by atoms with Crippen LogP contribution >= 0.6 is 11.3 Å². The molecule has 0 aromatic carbocycles. The molecule has 0 fully saturated rings. The van der Waals surface area contributed by atoms with Crippen molar-refractivity contribution < 1.29 is 34.2 Å². The molecule has 0 bridgehead atoms. The van der Waals surface area contributed by atoms with E-state index in [1.165, 1.54) is 11.3 Å². The minimum absolute atomic E-state index is 0. The van der Waals surface area contributed by atoms with Crippen molar-refractivity contribution in [1.29, 1.82) is 0 Å². The Labute approximate surface area is 98.9 Å². The summed E-state index contributed by atoms with van der Waals surface area (Å²) in [6, 6.07) is 0. The normalized spacial score (nSPS) is 9.93. The van der Waals surface area contributed by atoms with Crippen molar-refractivity contribution in [3.05, 3.63) is 16.1 Å². The van der Waals surface area contributed by atoms with Crippen molar-refractivity contribution in [3.8, 4) is 0 Å². The van der Waals surface area contributed by atoms with Gasteiger partial charge in [0.15, 0.2) is 5.69 Å². The van der Waals surface area contributed by atoms with Crippen LogP contribution in [0.5, 0.6) is 0 Å². The number of nitrogens with zero attached hydrogens (tertiary/aromatic N) is 1. The molecule has 1 rings (SSSR count). The Balaban J connectivity index is 0. The third-order valence-electron chi connectivity index (χ3n) is 1.36. The molecule has 0 radical (unpaired) electrons. The Bertz CT molecular complexity index is 306. The first-order valence-corrected chi connectivity index (χ1v) is 4.48. The van der Waals surface area contributed by atoms with Gasteiger partial charge in [0.1, 0.15) is 0 Å². The molecule has 0 aliphatic heterocycles. The summed E-state index contributed by atoms with van der Waals surface area (Å²) in [4.78, 5) is 14.5. The van der Waals surface area contributed by atoms with E-state index in [0.29, 0.717) is 0 Å². The fourth-order valence-corrected chi connectivity index (χ4v) is 1.60. The molecule has 14 heavy (non-hydrogen) atoms. The number of carboxylic acids is 1. The van der Waals surface area contributed by atoms with E-state index in [0.717, 1.165) is 5.01 Å². The van der Waals surface area contributed by atoms with Crippen LogP contribution < -0.4 is 18.9 Å². The van der Waals surface area contributed by atoms with E-state index >= 15 is 0 Å². The molecule has 0 atom stereocenters. The summed E-state index contributed by atoms with van der Waals surface area (Å²) in [6.07, 6.45) is 0. The second kappa shape index (κ2) is 5.52. The fourth-order valence-electron chi connectivity index (χ4n) is 0.716. The minimum Gasteiger partial charge on any atom is -0.870 e. The molecular formula is C8H12LiNO3S. The zero-order valence-electron chi connectivity index (χ0n) is 8.74. The van der Waals surface area contributed by atoms with Crippen LogP contribution in [0.15, 0.2) is 5.38 Å². The second-order valence-corrected chi connectivity index (χ2v) is 4.45. The van der Waals surface area contributed by atoms with Gasteiger partial charge in [-0.3, -0.25) is 0 Å². The van der Waals surface area contributed by atoms with Gasteiger partial charge in [0.05, 0.1) is 5.01 Å². The number of aromatic nitrogens is 1. The number of aromatic carboxylic acids is 1. The monoisotopic (exact) mass is 209 g/mol. The van der Waals surface area contributed by atoms with Gasteiger partial charge < -0.3 is 10.6 Å². The predicted molar refractivity (Wildman–Crippen MR) is 49.7 cm³/mol. The molecule has 1 aromatic heterocycles. The molecule has 4 nitrogen and oxygen atoms in total.